The third-order valence-corrected chi connectivity index (χ3v) is 5.78. The van der Waals surface area contributed by atoms with Crippen molar-refractivity contribution in [2.75, 3.05) is 30.0 Å². The molecular formula is C20H27N5O4S. The highest BCUT2D eigenvalue weighted by atomic mass is 32.2. The molecule has 1 atom stereocenters. The Balaban J connectivity index is 1.95. The van der Waals surface area contributed by atoms with E-state index in [9.17, 15) is 18.5 Å². The second kappa shape index (κ2) is 10.1. The third kappa shape index (κ3) is 6.45. The summed E-state index contributed by atoms with van der Waals surface area (Å²) in [5.74, 6) is 0.724. The fourth-order valence-corrected chi connectivity index (χ4v) is 3.37. The Morgan fingerprint density at radius 2 is 1.90 bits per heavy atom. The fourth-order valence-electron chi connectivity index (χ4n) is 2.73. The van der Waals surface area contributed by atoms with Crippen molar-refractivity contribution >= 4 is 32.9 Å². The average Bonchev–Trinajstić information content (AvgIpc) is 2.70. The quantitative estimate of drug-likeness (QED) is 0.181. The zero-order valence-electron chi connectivity index (χ0n) is 17.3. The number of nitrogens with one attached hydrogen (secondary N) is 2. The Bertz CT molecular complexity index is 1020. The first-order valence-electron chi connectivity index (χ1n) is 9.51. The minimum atomic E-state index is -3.53. The Hall–Kier alpha value is -3.14. The molecule has 2 rings (SSSR count). The number of nitro benzene ring substituents is 1. The van der Waals surface area contributed by atoms with E-state index in [1.165, 1.54) is 17.7 Å². The van der Waals surface area contributed by atoms with Gasteiger partial charge in [-0.05, 0) is 42.2 Å². The molecule has 162 valence electrons. The van der Waals surface area contributed by atoms with E-state index in [2.05, 4.69) is 29.5 Å². The lowest BCUT2D eigenvalue weighted by molar-refractivity contribution is -0.384. The summed E-state index contributed by atoms with van der Waals surface area (Å²) in [6, 6.07) is 11.7. The first-order chi connectivity index (χ1) is 14.1. The van der Waals surface area contributed by atoms with Crippen molar-refractivity contribution in [1.29, 1.82) is 0 Å². The molecule has 0 saturated carbocycles. The average molecular weight is 434 g/mol. The largest absolute Gasteiger partial charge is 0.378 e. The van der Waals surface area contributed by atoms with Crippen LogP contribution >= 0.6 is 0 Å². The van der Waals surface area contributed by atoms with E-state index in [1.54, 1.807) is 0 Å². The Morgan fingerprint density at radius 1 is 1.23 bits per heavy atom. The third-order valence-electron chi connectivity index (χ3n) is 4.67. The number of rotatable bonds is 9. The van der Waals surface area contributed by atoms with Crippen LogP contribution in [-0.2, 0) is 9.84 Å². The van der Waals surface area contributed by atoms with Gasteiger partial charge in [-0.1, -0.05) is 26.0 Å². The molecule has 30 heavy (non-hydrogen) atoms. The summed E-state index contributed by atoms with van der Waals surface area (Å²) in [7, 11) is -3.53. The first-order valence-corrected chi connectivity index (χ1v) is 11.4. The number of aliphatic imine (C=N–C) groups is 1. The topological polar surface area (TPSA) is 140 Å². The van der Waals surface area contributed by atoms with Crippen molar-refractivity contribution in [3.8, 4) is 0 Å². The van der Waals surface area contributed by atoms with E-state index < -0.39 is 14.8 Å². The van der Waals surface area contributed by atoms with Crippen LogP contribution in [0, 0.1) is 10.1 Å². The summed E-state index contributed by atoms with van der Waals surface area (Å²) < 4.78 is 23.2. The zero-order valence-corrected chi connectivity index (χ0v) is 18.1. The lowest BCUT2D eigenvalue weighted by Crippen LogP contribution is -2.23. The molecule has 0 fully saturated rings. The normalized spacial score (nSPS) is 13.0. The van der Waals surface area contributed by atoms with Gasteiger partial charge in [-0.3, -0.25) is 15.1 Å². The van der Waals surface area contributed by atoms with Crippen LogP contribution in [0.25, 0.3) is 0 Å². The number of guanidine groups is 1. The van der Waals surface area contributed by atoms with Crippen LogP contribution in [0.1, 0.15) is 31.7 Å². The van der Waals surface area contributed by atoms with Crippen molar-refractivity contribution < 1.29 is 13.3 Å². The monoisotopic (exact) mass is 433 g/mol. The fraction of sp³-hybridized carbons (Fsp3) is 0.350. The van der Waals surface area contributed by atoms with Gasteiger partial charge in [0.05, 0.1) is 16.4 Å². The smallest absolute Gasteiger partial charge is 0.293 e. The molecule has 0 aliphatic heterocycles. The van der Waals surface area contributed by atoms with Crippen LogP contribution in [0.2, 0.25) is 0 Å². The second-order valence-corrected chi connectivity index (χ2v) is 8.97. The van der Waals surface area contributed by atoms with Gasteiger partial charge < -0.3 is 16.4 Å². The van der Waals surface area contributed by atoms with Gasteiger partial charge in [-0.15, -0.1) is 0 Å². The molecule has 2 aromatic carbocycles. The summed E-state index contributed by atoms with van der Waals surface area (Å²) >= 11 is 0. The molecular weight excluding hydrogens is 406 g/mol. The lowest BCUT2D eigenvalue weighted by atomic mass is 9.99. The molecule has 0 bridgehead atoms. The van der Waals surface area contributed by atoms with E-state index in [-0.39, 0.29) is 35.3 Å². The standard InChI is InChI=1S/C20H27N5O4S/c1-4-14(2)15-5-7-16(8-6-15)24-20(21)23-12-11-22-18-10-9-17(30(3,28)29)13-19(18)25(26)27/h5-10,13-14,22H,4,11-12H2,1-3H3,(H3,21,23,24). The zero-order chi connectivity index (χ0) is 22.3. The van der Waals surface area contributed by atoms with Gasteiger partial charge in [-0.2, -0.15) is 0 Å². The maximum Gasteiger partial charge on any atom is 0.293 e. The Kier molecular flexibility index (Phi) is 7.76. The first kappa shape index (κ1) is 23.1. The Labute approximate surface area is 176 Å². The highest BCUT2D eigenvalue weighted by Gasteiger charge is 2.18. The summed E-state index contributed by atoms with van der Waals surface area (Å²) in [4.78, 5) is 14.7. The van der Waals surface area contributed by atoms with Crippen molar-refractivity contribution in [1.82, 2.24) is 0 Å². The van der Waals surface area contributed by atoms with Crippen molar-refractivity contribution in [2.45, 2.75) is 31.1 Å². The summed E-state index contributed by atoms with van der Waals surface area (Å²) in [5.41, 5.74) is 7.88. The van der Waals surface area contributed by atoms with E-state index in [0.29, 0.717) is 5.92 Å². The number of sulfone groups is 1. The number of hydrogen-bond donors (Lipinski definition) is 3. The molecule has 1 unspecified atom stereocenters. The number of nitrogens with two attached hydrogens (primary N) is 1. The summed E-state index contributed by atoms with van der Waals surface area (Å²) in [6.45, 7) is 4.87. The van der Waals surface area contributed by atoms with Gasteiger partial charge in [0.1, 0.15) is 5.69 Å². The number of anilines is 2. The van der Waals surface area contributed by atoms with Gasteiger partial charge in [-0.25, -0.2) is 8.42 Å². The molecule has 0 radical (unpaired) electrons. The number of hydrogen-bond acceptors (Lipinski definition) is 6. The minimum Gasteiger partial charge on any atom is -0.378 e. The van der Waals surface area contributed by atoms with E-state index in [1.807, 2.05) is 24.3 Å². The molecule has 10 heteroatoms. The van der Waals surface area contributed by atoms with Gasteiger partial charge >= 0.3 is 0 Å². The number of nitro groups is 1. The van der Waals surface area contributed by atoms with Crippen molar-refractivity contribution in [3.05, 3.63) is 58.1 Å². The molecule has 2 aromatic rings. The molecule has 0 aliphatic rings. The molecule has 4 N–H and O–H groups in total. The van der Waals surface area contributed by atoms with Gasteiger partial charge in [0, 0.05) is 24.6 Å². The highest BCUT2D eigenvalue weighted by Crippen LogP contribution is 2.27. The van der Waals surface area contributed by atoms with Gasteiger partial charge in [0.2, 0.25) is 0 Å². The van der Waals surface area contributed by atoms with E-state index in [4.69, 9.17) is 5.73 Å². The summed E-state index contributed by atoms with van der Waals surface area (Å²) in [6.07, 6.45) is 2.07. The maximum atomic E-state index is 11.6. The number of benzene rings is 2. The van der Waals surface area contributed by atoms with Gasteiger partial charge in [0.25, 0.3) is 5.69 Å². The second-order valence-electron chi connectivity index (χ2n) is 6.96. The molecule has 0 amide bonds. The Morgan fingerprint density at radius 3 is 2.47 bits per heavy atom. The summed E-state index contributed by atoms with van der Waals surface area (Å²) in [5, 5.41) is 17.1. The maximum absolute atomic E-state index is 11.6. The van der Waals surface area contributed by atoms with Crippen molar-refractivity contribution in [2.24, 2.45) is 10.7 Å². The highest BCUT2D eigenvalue weighted by molar-refractivity contribution is 7.90. The van der Waals surface area contributed by atoms with Crippen LogP contribution in [0.4, 0.5) is 17.1 Å². The van der Waals surface area contributed by atoms with Crippen molar-refractivity contribution in [3.63, 3.8) is 0 Å². The molecule has 0 heterocycles. The molecule has 0 saturated heterocycles. The van der Waals surface area contributed by atoms with Crippen LogP contribution < -0.4 is 16.4 Å². The van der Waals surface area contributed by atoms with Crippen LogP contribution in [0.5, 0.6) is 0 Å². The van der Waals surface area contributed by atoms with E-state index >= 15 is 0 Å². The minimum absolute atomic E-state index is 0.106. The van der Waals surface area contributed by atoms with Crippen LogP contribution in [-0.4, -0.2) is 38.6 Å². The van der Waals surface area contributed by atoms with E-state index in [0.717, 1.165) is 24.4 Å². The van der Waals surface area contributed by atoms with Crippen LogP contribution in [0.15, 0.2) is 52.4 Å². The predicted octanol–water partition coefficient (Wildman–Crippen LogP) is 3.35. The lowest BCUT2D eigenvalue weighted by Gasteiger charge is -2.11. The molecule has 0 spiro atoms. The molecule has 9 nitrogen and oxygen atoms in total. The molecule has 0 aliphatic carbocycles. The van der Waals surface area contributed by atoms with Gasteiger partial charge in [0.15, 0.2) is 15.8 Å². The van der Waals surface area contributed by atoms with Crippen LogP contribution in [0.3, 0.4) is 0 Å². The number of nitrogens with zero attached hydrogens (tertiary/aromatic N) is 2. The molecule has 0 aromatic heterocycles. The predicted molar refractivity (Wildman–Crippen MR) is 120 cm³/mol. The SMILES string of the molecule is CCC(C)c1ccc(NC(N)=NCCNc2ccc(S(C)(=O)=O)cc2[N+](=O)[O-])cc1.